The molecule has 0 spiro atoms. The SMILES string of the molecule is CN(C)CCCc1csc(CCCN(C)C)c1. The summed E-state index contributed by atoms with van der Waals surface area (Å²) in [6, 6.07) is 2.40. The molecule has 0 unspecified atom stereocenters. The highest BCUT2D eigenvalue weighted by molar-refractivity contribution is 7.10. The second-order valence-electron chi connectivity index (χ2n) is 5.23. The molecule has 0 amide bonds. The first-order valence-electron chi connectivity index (χ1n) is 6.43. The number of hydrogen-bond donors (Lipinski definition) is 0. The van der Waals surface area contributed by atoms with Gasteiger partial charge in [-0.1, -0.05) is 0 Å². The molecule has 98 valence electrons. The summed E-state index contributed by atoms with van der Waals surface area (Å²) in [7, 11) is 8.56. The van der Waals surface area contributed by atoms with Crippen molar-refractivity contribution in [2.24, 2.45) is 0 Å². The Bertz CT molecular complexity index is 276. The summed E-state index contributed by atoms with van der Waals surface area (Å²) in [5.74, 6) is 0. The predicted molar refractivity (Wildman–Crippen MR) is 78.1 cm³/mol. The van der Waals surface area contributed by atoms with Crippen LogP contribution in [0.1, 0.15) is 23.3 Å². The Morgan fingerprint density at radius 3 is 2.12 bits per heavy atom. The van der Waals surface area contributed by atoms with Gasteiger partial charge in [0.1, 0.15) is 0 Å². The minimum Gasteiger partial charge on any atom is -0.309 e. The average molecular weight is 254 g/mol. The Morgan fingerprint density at radius 2 is 1.53 bits per heavy atom. The summed E-state index contributed by atoms with van der Waals surface area (Å²) in [4.78, 5) is 6.06. The number of thiophene rings is 1. The van der Waals surface area contributed by atoms with E-state index in [-0.39, 0.29) is 0 Å². The molecule has 1 aromatic heterocycles. The van der Waals surface area contributed by atoms with Gasteiger partial charge >= 0.3 is 0 Å². The minimum atomic E-state index is 1.19. The molecule has 3 heteroatoms. The molecule has 0 saturated heterocycles. The van der Waals surface area contributed by atoms with E-state index >= 15 is 0 Å². The average Bonchev–Trinajstić information content (AvgIpc) is 2.65. The monoisotopic (exact) mass is 254 g/mol. The van der Waals surface area contributed by atoms with Gasteiger partial charge in [0.25, 0.3) is 0 Å². The molecule has 0 aliphatic carbocycles. The minimum absolute atomic E-state index is 1.19. The number of hydrogen-bond acceptors (Lipinski definition) is 3. The Balaban J connectivity index is 2.23. The van der Waals surface area contributed by atoms with Crippen molar-refractivity contribution < 1.29 is 0 Å². The molecule has 0 atom stereocenters. The Morgan fingerprint density at radius 1 is 0.941 bits per heavy atom. The van der Waals surface area contributed by atoms with Crippen LogP contribution in [0.3, 0.4) is 0 Å². The quantitative estimate of drug-likeness (QED) is 0.704. The third kappa shape index (κ3) is 6.81. The van der Waals surface area contributed by atoms with Crippen LogP contribution >= 0.6 is 11.3 Å². The standard InChI is InChI=1S/C14H26N2S/c1-15(2)9-5-7-13-11-14(17-12-13)8-6-10-16(3)4/h11-12H,5-10H2,1-4H3. The van der Waals surface area contributed by atoms with Crippen molar-refractivity contribution in [3.05, 3.63) is 21.9 Å². The molecule has 1 aromatic rings. The van der Waals surface area contributed by atoms with Crippen molar-refractivity contribution in [1.29, 1.82) is 0 Å². The first-order valence-corrected chi connectivity index (χ1v) is 7.31. The maximum absolute atomic E-state index is 2.40. The van der Waals surface area contributed by atoms with E-state index < -0.39 is 0 Å². The van der Waals surface area contributed by atoms with Crippen LogP contribution in [0.2, 0.25) is 0 Å². The van der Waals surface area contributed by atoms with Crippen molar-refractivity contribution in [1.82, 2.24) is 9.80 Å². The van der Waals surface area contributed by atoms with Crippen LogP contribution in [0, 0.1) is 0 Å². The summed E-state index contributed by atoms with van der Waals surface area (Å²) in [6.07, 6.45) is 4.99. The Hall–Kier alpha value is -0.380. The van der Waals surface area contributed by atoms with Crippen LogP contribution < -0.4 is 0 Å². The molecule has 1 rings (SSSR count). The van der Waals surface area contributed by atoms with Crippen molar-refractivity contribution in [2.45, 2.75) is 25.7 Å². The highest BCUT2D eigenvalue weighted by Gasteiger charge is 2.01. The highest BCUT2D eigenvalue weighted by atomic mass is 32.1. The molecule has 0 radical (unpaired) electrons. The van der Waals surface area contributed by atoms with E-state index in [1.54, 1.807) is 4.88 Å². The molecule has 0 aromatic carbocycles. The number of rotatable bonds is 8. The fourth-order valence-electron chi connectivity index (χ4n) is 1.86. The largest absolute Gasteiger partial charge is 0.309 e. The molecule has 2 nitrogen and oxygen atoms in total. The summed E-state index contributed by atoms with van der Waals surface area (Å²) in [5.41, 5.74) is 1.52. The molecule has 0 N–H and O–H groups in total. The van der Waals surface area contributed by atoms with Crippen molar-refractivity contribution >= 4 is 11.3 Å². The topological polar surface area (TPSA) is 6.48 Å². The summed E-state index contributed by atoms with van der Waals surface area (Å²) in [5, 5.41) is 2.33. The van der Waals surface area contributed by atoms with E-state index in [0.717, 1.165) is 0 Å². The molecule has 1 heterocycles. The summed E-state index contributed by atoms with van der Waals surface area (Å²) in [6.45, 7) is 2.37. The van der Waals surface area contributed by atoms with E-state index in [9.17, 15) is 0 Å². The van der Waals surface area contributed by atoms with Crippen LogP contribution in [-0.2, 0) is 12.8 Å². The van der Waals surface area contributed by atoms with Gasteiger partial charge in [0.15, 0.2) is 0 Å². The third-order valence-electron chi connectivity index (χ3n) is 2.81. The lowest BCUT2D eigenvalue weighted by Gasteiger charge is -2.08. The van der Waals surface area contributed by atoms with Crippen molar-refractivity contribution in [3.63, 3.8) is 0 Å². The molecule has 0 fully saturated rings. The van der Waals surface area contributed by atoms with Gasteiger partial charge in [0, 0.05) is 4.88 Å². The normalized spacial score (nSPS) is 11.6. The maximum atomic E-state index is 2.40. The second-order valence-corrected chi connectivity index (χ2v) is 6.23. The maximum Gasteiger partial charge on any atom is 0.00485 e. The fraction of sp³-hybridized carbons (Fsp3) is 0.714. The Labute approximate surface area is 110 Å². The van der Waals surface area contributed by atoms with E-state index in [1.807, 2.05) is 11.3 Å². The van der Waals surface area contributed by atoms with Crippen molar-refractivity contribution in [2.75, 3.05) is 41.3 Å². The van der Waals surface area contributed by atoms with Gasteiger partial charge in [-0.2, -0.15) is 0 Å². The lowest BCUT2D eigenvalue weighted by atomic mass is 10.1. The van der Waals surface area contributed by atoms with Crippen LogP contribution in [0.25, 0.3) is 0 Å². The zero-order valence-corrected chi connectivity index (χ0v) is 12.5. The van der Waals surface area contributed by atoms with E-state index in [1.165, 1.54) is 44.3 Å². The summed E-state index contributed by atoms with van der Waals surface area (Å²) < 4.78 is 0. The van der Waals surface area contributed by atoms with Gasteiger partial charge in [-0.25, -0.2) is 0 Å². The number of nitrogens with zero attached hydrogens (tertiary/aromatic N) is 2. The van der Waals surface area contributed by atoms with E-state index in [4.69, 9.17) is 0 Å². The second kappa shape index (κ2) is 7.85. The molecule has 0 saturated carbocycles. The lowest BCUT2D eigenvalue weighted by Crippen LogP contribution is -2.13. The Kier molecular flexibility index (Phi) is 6.78. The van der Waals surface area contributed by atoms with Crippen LogP contribution in [0.4, 0.5) is 0 Å². The first kappa shape index (κ1) is 14.7. The van der Waals surface area contributed by atoms with Gasteiger partial charge < -0.3 is 9.80 Å². The smallest absolute Gasteiger partial charge is 0.00485 e. The highest BCUT2D eigenvalue weighted by Crippen LogP contribution is 2.17. The zero-order valence-electron chi connectivity index (χ0n) is 11.7. The van der Waals surface area contributed by atoms with Crippen LogP contribution in [0.15, 0.2) is 11.4 Å². The lowest BCUT2D eigenvalue weighted by molar-refractivity contribution is 0.400. The predicted octanol–water partition coefficient (Wildman–Crippen LogP) is 2.74. The molecule has 0 aliphatic heterocycles. The molecule has 0 bridgehead atoms. The number of aryl methyl sites for hydroxylation is 2. The third-order valence-corrected chi connectivity index (χ3v) is 3.85. The summed E-state index contributed by atoms with van der Waals surface area (Å²) >= 11 is 1.93. The van der Waals surface area contributed by atoms with Crippen LogP contribution in [0.5, 0.6) is 0 Å². The van der Waals surface area contributed by atoms with Crippen molar-refractivity contribution in [3.8, 4) is 0 Å². The molecular formula is C14H26N2S. The fourth-order valence-corrected chi connectivity index (χ4v) is 2.83. The van der Waals surface area contributed by atoms with Gasteiger partial charge in [0.2, 0.25) is 0 Å². The van der Waals surface area contributed by atoms with E-state index in [2.05, 4.69) is 49.4 Å². The molecule has 17 heavy (non-hydrogen) atoms. The van der Waals surface area contributed by atoms with E-state index in [0.29, 0.717) is 0 Å². The van der Waals surface area contributed by atoms with Gasteiger partial charge in [-0.05, 0) is 84.0 Å². The zero-order chi connectivity index (χ0) is 12.7. The van der Waals surface area contributed by atoms with Crippen LogP contribution in [-0.4, -0.2) is 51.1 Å². The van der Waals surface area contributed by atoms with Gasteiger partial charge in [-0.3, -0.25) is 0 Å². The van der Waals surface area contributed by atoms with Gasteiger partial charge in [-0.15, -0.1) is 11.3 Å². The first-order chi connectivity index (χ1) is 8.08. The van der Waals surface area contributed by atoms with Gasteiger partial charge in [0.05, 0.1) is 0 Å². The molecule has 0 aliphatic rings. The molecular weight excluding hydrogens is 228 g/mol.